The van der Waals surface area contributed by atoms with Crippen molar-refractivity contribution in [3.63, 3.8) is 0 Å². The monoisotopic (exact) mass is 743 g/mol. The molecular formula is C40H73NO9P+. The molecule has 0 heterocycles. The van der Waals surface area contributed by atoms with Crippen molar-refractivity contribution in [3.8, 4) is 0 Å². The Kier molecular flexibility index (Phi) is 31.2. The highest BCUT2D eigenvalue weighted by Gasteiger charge is 2.27. The van der Waals surface area contributed by atoms with Crippen LogP contribution in [0.5, 0.6) is 0 Å². The molecule has 0 fully saturated rings. The first kappa shape index (κ1) is 48.9. The number of allylic oxidation sites excluding steroid dienone is 6. The number of carbonyl (C=O) groups excluding carboxylic acids is 3. The van der Waals surface area contributed by atoms with Crippen molar-refractivity contribution in [1.82, 2.24) is 0 Å². The van der Waals surface area contributed by atoms with Gasteiger partial charge in [0.05, 0.1) is 27.7 Å². The van der Waals surface area contributed by atoms with Crippen molar-refractivity contribution < 1.29 is 46.8 Å². The Morgan fingerprint density at radius 1 is 0.647 bits per heavy atom. The lowest BCUT2D eigenvalue weighted by atomic mass is 10.1. The van der Waals surface area contributed by atoms with Crippen LogP contribution >= 0.6 is 7.82 Å². The molecule has 2 atom stereocenters. The van der Waals surface area contributed by atoms with E-state index in [4.69, 9.17) is 18.5 Å². The zero-order chi connectivity index (χ0) is 38.1. The van der Waals surface area contributed by atoms with Gasteiger partial charge in [0, 0.05) is 19.3 Å². The predicted octanol–water partition coefficient (Wildman–Crippen LogP) is 9.75. The molecule has 0 spiro atoms. The van der Waals surface area contributed by atoms with Crippen LogP contribution in [0.3, 0.4) is 0 Å². The second kappa shape index (κ2) is 32.5. The van der Waals surface area contributed by atoms with Crippen molar-refractivity contribution in [1.29, 1.82) is 0 Å². The summed E-state index contributed by atoms with van der Waals surface area (Å²) in [6.07, 6.45) is 30.1. The van der Waals surface area contributed by atoms with E-state index in [9.17, 15) is 23.8 Å². The Morgan fingerprint density at radius 3 is 1.84 bits per heavy atom. The molecule has 0 aromatic heterocycles. The molecule has 0 aliphatic heterocycles. The highest BCUT2D eigenvalue weighted by molar-refractivity contribution is 7.47. The molecular weight excluding hydrogens is 669 g/mol. The van der Waals surface area contributed by atoms with E-state index in [-0.39, 0.29) is 31.8 Å². The molecule has 0 aromatic carbocycles. The van der Waals surface area contributed by atoms with Crippen LogP contribution in [0, 0.1) is 0 Å². The molecule has 0 bridgehead atoms. The van der Waals surface area contributed by atoms with Gasteiger partial charge in [-0.05, 0) is 57.4 Å². The van der Waals surface area contributed by atoms with E-state index in [1.54, 1.807) is 6.08 Å². The van der Waals surface area contributed by atoms with E-state index in [0.29, 0.717) is 30.3 Å². The van der Waals surface area contributed by atoms with Crippen LogP contribution in [-0.4, -0.2) is 80.7 Å². The smallest absolute Gasteiger partial charge is 0.462 e. The molecule has 0 saturated heterocycles. The topological polar surface area (TPSA) is 125 Å². The Labute approximate surface area is 310 Å². The van der Waals surface area contributed by atoms with Crippen LogP contribution < -0.4 is 0 Å². The zero-order valence-electron chi connectivity index (χ0n) is 32.8. The number of unbranched alkanes of at least 4 members (excludes halogenated alkanes) is 14. The maximum Gasteiger partial charge on any atom is 0.472 e. The minimum absolute atomic E-state index is 0.00999. The highest BCUT2D eigenvalue weighted by Crippen LogP contribution is 2.43. The van der Waals surface area contributed by atoms with Crippen LogP contribution in [0.15, 0.2) is 36.5 Å². The number of hydrogen-bond acceptors (Lipinski definition) is 8. The lowest BCUT2D eigenvalue weighted by molar-refractivity contribution is -0.870. The summed E-state index contributed by atoms with van der Waals surface area (Å²) in [4.78, 5) is 47.2. The predicted molar refractivity (Wildman–Crippen MR) is 206 cm³/mol. The number of rotatable bonds is 35. The summed E-state index contributed by atoms with van der Waals surface area (Å²) in [6.45, 7) is 4.16. The number of ether oxygens (including phenoxy) is 2. The summed E-state index contributed by atoms with van der Waals surface area (Å²) in [5, 5.41) is 0. The van der Waals surface area contributed by atoms with Crippen LogP contribution in [-0.2, 0) is 37.5 Å². The Morgan fingerprint density at radius 2 is 1.20 bits per heavy atom. The first-order chi connectivity index (χ1) is 24.4. The third-order valence-corrected chi connectivity index (χ3v) is 9.10. The molecule has 0 saturated carbocycles. The first-order valence-corrected chi connectivity index (χ1v) is 21.2. The summed E-state index contributed by atoms with van der Waals surface area (Å²) < 4.78 is 34.0. The second-order valence-corrected chi connectivity index (χ2v) is 15.8. The van der Waals surface area contributed by atoms with E-state index in [0.717, 1.165) is 70.6 Å². The Hall–Kier alpha value is -2.10. The van der Waals surface area contributed by atoms with Crippen molar-refractivity contribution in [3.05, 3.63) is 36.5 Å². The second-order valence-electron chi connectivity index (χ2n) is 14.3. The lowest BCUT2D eigenvalue weighted by Crippen LogP contribution is -2.37. The summed E-state index contributed by atoms with van der Waals surface area (Å²) in [5.74, 6) is -0.781. The molecule has 0 radical (unpaired) electrons. The Bertz CT molecular complexity index is 1040. The fraction of sp³-hybridized carbons (Fsp3) is 0.775. The van der Waals surface area contributed by atoms with Crippen LogP contribution in [0.2, 0.25) is 0 Å². The molecule has 0 aliphatic carbocycles. The maximum atomic E-state index is 12.6. The van der Waals surface area contributed by atoms with Gasteiger partial charge in [0.2, 0.25) is 0 Å². The van der Waals surface area contributed by atoms with E-state index in [1.807, 2.05) is 33.3 Å². The number of ketones is 1. The van der Waals surface area contributed by atoms with Gasteiger partial charge in [-0.2, -0.15) is 0 Å². The fourth-order valence-electron chi connectivity index (χ4n) is 4.92. The van der Waals surface area contributed by atoms with Crippen LogP contribution in [0.25, 0.3) is 0 Å². The fourth-order valence-corrected chi connectivity index (χ4v) is 5.66. The summed E-state index contributed by atoms with van der Waals surface area (Å²) in [5.41, 5.74) is 0. The quantitative estimate of drug-likeness (QED) is 0.0128. The minimum Gasteiger partial charge on any atom is -0.462 e. The van der Waals surface area contributed by atoms with E-state index in [2.05, 4.69) is 32.1 Å². The molecule has 1 N–H and O–H groups in total. The molecule has 296 valence electrons. The summed E-state index contributed by atoms with van der Waals surface area (Å²) >= 11 is 0. The number of carbonyl (C=O) groups is 3. The molecule has 0 aliphatic rings. The number of hydrogen-bond donors (Lipinski definition) is 1. The van der Waals surface area contributed by atoms with E-state index in [1.165, 1.54) is 32.1 Å². The number of quaternary nitrogens is 1. The summed E-state index contributed by atoms with van der Waals surface area (Å²) in [7, 11) is 1.40. The molecule has 0 rings (SSSR count). The van der Waals surface area contributed by atoms with Gasteiger partial charge in [0.1, 0.15) is 19.8 Å². The third-order valence-electron chi connectivity index (χ3n) is 8.12. The SMILES string of the molecule is CCCC/C=C\CCCCCCCC(=O)O[C@H](COC(=O)CCCCCCCC(=O)/C=C/C=C\CCCCC)COP(=O)(O)OCC[N+](C)(C)C. The molecule has 0 amide bonds. The van der Waals surface area contributed by atoms with Crippen molar-refractivity contribution >= 4 is 25.5 Å². The van der Waals surface area contributed by atoms with Crippen LogP contribution in [0.1, 0.15) is 149 Å². The van der Waals surface area contributed by atoms with E-state index < -0.39 is 32.5 Å². The van der Waals surface area contributed by atoms with Gasteiger partial charge in [-0.15, -0.1) is 0 Å². The normalized spacial score (nSPS) is 14.0. The standard InChI is InChI=1S/C40H72NO9P/c1-6-8-10-12-14-15-16-17-19-23-28-32-40(44)50-38(36-49-51(45,46)48-34-33-41(3,4)5)35-47-39(43)31-27-24-20-22-26-30-37(42)29-25-21-18-13-11-9-7-2/h12,14,18,21,25,29,38H,6-11,13,15-17,19-20,22-24,26-28,30-36H2,1-5H3/p+1/b14-12-,21-18-,29-25+/t38-/m1/s1. The average Bonchev–Trinajstić information content (AvgIpc) is 3.06. The minimum atomic E-state index is -4.40. The van der Waals surface area contributed by atoms with Gasteiger partial charge >= 0.3 is 19.8 Å². The molecule has 11 heteroatoms. The summed E-state index contributed by atoms with van der Waals surface area (Å²) in [6, 6.07) is 0. The molecule has 10 nitrogen and oxygen atoms in total. The average molecular weight is 743 g/mol. The van der Waals surface area contributed by atoms with Crippen LogP contribution in [0.4, 0.5) is 0 Å². The van der Waals surface area contributed by atoms with E-state index >= 15 is 0 Å². The molecule has 0 aromatic rings. The number of nitrogens with zero attached hydrogens (tertiary/aromatic N) is 1. The number of likely N-dealkylation sites (N-methyl/N-ethyl adjacent to an activating group) is 1. The van der Waals surface area contributed by atoms with Gasteiger partial charge < -0.3 is 18.9 Å². The number of phosphoric acid groups is 1. The zero-order valence-corrected chi connectivity index (χ0v) is 33.7. The Balaban J connectivity index is 4.51. The van der Waals surface area contributed by atoms with Gasteiger partial charge in [-0.3, -0.25) is 23.4 Å². The molecule has 1 unspecified atom stereocenters. The number of esters is 2. The van der Waals surface area contributed by atoms with Crippen molar-refractivity contribution in [2.45, 2.75) is 155 Å². The number of phosphoric ester groups is 1. The van der Waals surface area contributed by atoms with Crippen molar-refractivity contribution in [2.24, 2.45) is 0 Å². The van der Waals surface area contributed by atoms with Gasteiger partial charge in [0.25, 0.3) is 0 Å². The van der Waals surface area contributed by atoms with Crippen molar-refractivity contribution in [2.75, 3.05) is 47.5 Å². The van der Waals surface area contributed by atoms with Gasteiger partial charge in [0.15, 0.2) is 11.9 Å². The highest BCUT2D eigenvalue weighted by atomic mass is 31.2. The first-order valence-electron chi connectivity index (χ1n) is 19.7. The maximum absolute atomic E-state index is 12.6. The van der Waals surface area contributed by atoms with Gasteiger partial charge in [-0.25, -0.2) is 4.57 Å². The lowest BCUT2D eigenvalue weighted by Gasteiger charge is -2.24. The third kappa shape index (κ3) is 36.1. The molecule has 51 heavy (non-hydrogen) atoms. The largest absolute Gasteiger partial charge is 0.472 e. The van der Waals surface area contributed by atoms with Gasteiger partial charge in [-0.1, -0.05) is 108 Å².